The van der Waals surface area contributed by atoms with E-state index in [1.54, 1.807) is 43.5 Å². The number of benzene rings is 3. The third-order valence-electron chi connectivity index (χ3n) is 5.20. The van der Waals surface area contributed by atoms with Crippen LogP contribution in [0.4, 0.5) is 0 Å². The van der Waals surface area contributed by atoms with Gasteiger partial charge in [-0.15, -0.1) is 0 Å². The molecule has 1 N–H and O–H groups in total. The van der Waals surface area contributed by atoms with Gasteiger partial charge >= 0.3 is 0 Å². The molecule has 1 aromatic heterocycles. The number of methoxy groups -OCH3 is 2. The largest absolute Gasteiger partial charge is 0.493 e. The second-order valence-corrected chi connectivity index (χ2v) is 8.48. The molecule has 0 unspecified atom stereocenters. The first kappa shape index (κ1) is 22.8. The first-order chi connectivity index (χ1) is 15.9. The Morgan fingerprint density at radius 1 is 1.00 bits per heavy atom. The van der Waals surface area contributed by atoms with Crippen molar-refractivity contribution in [2.75, 3.05) is 14.2 Å². The smallest absolute Gasteiger partial charge is 0.260 e. The summed E-state index contributed by atoms with van der Waals surface area (Å²) >= 11 is 9.73. The molecule has 166 valence electrons. The fourth-order valence-electron chi connectivity index (χ4n) is 3.65. The first-order valence-electron chi connectivity index (χ1n) is 9.98. The van der Waals surface area contributed by atoms with Gasteiger partial charge in [-0.1, -0.05) is 57.9 Å². The Morgan fingerprint density at radius 3 is 2.39 bits per heavy atom. The van der Waals surface area contributed by atoms with Crippen molar-refractivity contribution >= 4 is 50.3 Å². The average Bonchev–Trinajstić information content (AvgIpc) is 2.82. The number of rotatable bonds is 6. The Labute approximate surface area is 203 Å². The maximum atomic E-state index is 13.3. The lowest BCUT2D eigenvalue weighted by atomic mass is 9.94. The van der Waals surface area contributed by atoms with Crippen molar-refractivity contribution in [3.8, 4) is 22.6 Å². The molecule has 0 bridgehead atoms. The molecule has 0 aliphatic carbocycles. The van der Waals surface area contributed by atoms with Crippen LogP contribution in [0, 0.1) is 0 Å². The number of carbonyl (C=O) groups is 1. The molecule has 4 rings (SSSR count). The van der Waals surface area contributed by atoms with E-state index in [-0.39, 0.29) is 5.56 Å². The van der Waals surface area contributed by atoms with Crippen molar-refractivity contribution in [1.29, 1.82) is 0 Å². The number of halogens is 2. The summed E-state index contributed by atoms with van der Waals surface area (Å²) in [7, 11) is 3.09. The number of aromatic amines is 1. The minimum Gasteiger partial charge on any atom is -0.493 e. The van der Waals surface area contributed by atoms with Crippen molar-refractivity contribution in [1.82, 2.24) is 4.98 Å². The molecule has 5 nitrogen and oxygen atoms in total. The molecule has 0 saturated heterocycles. The van der Waals surface area contributed by atoms with Crippen LogP contribution >= 0.6 is 27.5 Å². The number of ketones is 1. The molecule has 0 fully saturated rings. The normalized spacial score (nSPS) is 11.2. The van der Waals surface area contributed by atoms with E-state index in [4.69, 9.17) is 21.1 Å². The molecular formula is C26H19BrClNO4. The van der Waals surface area contributed by atoms with Gasteiger partial charge in [-0.3, -0.25) is 9.59 Å². The summed E-state index contributed by atoms with van der Waals surface area (Å²) in [5.41, 5.74) is 2.17. The van der Waals surface area contributed by atoms with E-state index in [0.717, 1.165) is 5.56 Å². The fraction of sp³-hybridized carbons (Fsp3) is 0.0769. The van der Waals surface area contributed by atoms with Crippen LogP contribution in [0.2, 0.25) is 5.02 Å². The van der Waals surface area contributed by atoms with E-state index in [2.05, 4.69) is 20.9 Å². The Morgan fingerprint density at radius 2 is 1.70 bits per heavy atom. The highest BCUT2D eigenvalue weighted by molar-refractivity contribution is 9.10. The third-order valence-corrected chi connectivity index (χ3v) is 6.12. The number of fused-ring (bicyclic) bond motifs is 1. The van der Waals surface area contributed by atoms with E-state index in [1.807, 2.05) is 30.3 Å². The second-order valence-electron chi connectivity index (χ2n) is 7.19. The molecule has 0 aliphatic heterocycles. The number of pyridine rings is 1. The number of carbonyl (C=O) groups excluding carboxylic acids is 1. The van der Waals surface area contributed by atoms with Crippen molar-refractivity contribution in [3.63, 3.8) is 0 Å². The number of aromatic nitrogens is 1. The summed E-state index contributed by atoms with van der Waals surface area (Å²) in [5, 5.41) is 1.20. The predicted octanol–water partition coefficient (Wildman–Crippen LogP) is 6.52. The van der Waals surface area contributed by atoms with Crippen LogP contribution in [0.5, 0.6) is 11.5 Å². The molecule has 0 aliphatic rings. The van der Waals surface area contributed by atoms with Crippen molar-refractivity contribution in [2.24, 2.45) is 0 Å². The maximum Gasteiger partial charge on any atom is 0.260 e. The van der Waals surface area contributed by atoms with Crippen LogP contribution in [0.15, 0.2) is 76.0 Å². The highest BCUT2D eigenvalue weighted by Crippen LogP contribution is 2.35. The molecule has 3 aromatic carbocycles. The fourth-order valence-corrected chi connectivity index (χ4v) is 4.28. The van der Waals surface area contributed by atoms with Crippen molar-refractivity contribution < 1.29 is 14.3 Å². The Balaban J connectivity index is 1.87. The van der Waals surface area contributed by atoms with E-state index in [9.17, 15) is 9.59 Å². The highest BCUT2D eigenvalue weighted by atomic mass is 79.9. The van der Waals surface area contributed by atoms with Gasteiger partial charge in [0.1, 0.15) is 0 Å². The molecule has 0 saturated carbocycles. The Bertz CT molecular complexity index is 1440. The monoisotopic (exact) mass is 523 g/mol. The second kappa shape index (κ2) is 9.65. The van der Waals surface area contributed by atoms with Gasteiger partial charge in [-0.05, 0) is 53.6 Å². The number of ether oxygens (including phenoxy) is 2. The molecule has 33 heavy (non-hydrogen) atoms. The zero-order valence-corrected chi connectivity index (χ0v) is 20.2. The van der Waals surface area contributed by atoms with Crippen molar-refractivity contribution in [3.05, 3.63) is 97.7 Å². The summed E-state index contributed by atoms with van der Waals surface area (Å²) in [6.45, 7) is 0. The standard InChI is InChI=1S/C26H19BrClNO4/c1-32-22-12-16(19(27)14-23(22)33-2)8-11-21(30)25-24(15-6-4-3-5-7-15)18-13-17(28)9-10-20(18)29-26(25)31/h3-14H,1-2H3,(H,29,31)/b11-8+. The first-order valence-corrected chi connectivity index (χ1v) is 11.1. The van der Waals surface area contributed by atoms with Crippen LogP contribution in [-0.4, -0.2) is 25.0 Å². The number of H-pyrrole nitrogens is 1. The molecular weight excluding hydrogens is 506 g/mol. The Kier molecular flexibility index (Phi) is 6.67. The van der Waals surface area contributed by atoms with Crippen LogP contribution in [0.3, 0.4) is 0 Å². The van der Waals surface area contributed by atoms with Crippen LogP contribution in [0.25, 0.3) is 28.1 Å². The van der Waals surface area contributed by atoms with Gasteiger partial charge in [0, 0.05) is 26.0 Å². The number of nitrogens with one attached hydrogen (secondary N) is 1. The van der Waals surface area contributed by atoms with E-state index < -0.39 is 11.3 Å². The summed E-state index contributed by atoms with van der Waals surface area (Å²) in [4.78, 5) is 29.2. The molecule has 7 heteroatoms. The van der Waals surface area contributed by atoms with Gasteiger partial charge in [0.25, 0.3) is 5.56 Å². The molecule has 0 radical (unpaired) electrons. The molecule has 4 aromatic rings. The van der Waals surface area contributed by atoms with Crippen LogP contribution < -0.4 is 15.0 Å². The summed E-state index contributed by atoms with van der Waals surface area (Å²) in [6.07, 6.45) is 3.00. The van der Waals surface area contributed by atoms with Crippen LogP contribution in [-0.2, 0) is 0 Å². The minimum absolute atomic E-state index is 0.0452. The van der Waals surface area contributed by atoms with Gasteiger partial charge in [0.15, 0.2) is 17.3 Å². The highest BCUT2D eigenvalue weighted by Gasteiger charge is 2.19. The van der Waals surface area contributed by atoms with Crippen LogP contribution in [0.1, 0.15) is 15.9 Å². The number of hydrogen-bond donors (Lipinski definition) is 1. The average molecular weight is 525 g/mol. The lowest BCUT2D eigenvalue weighted by Gasteiger charge is -2.12. The van der Waals surface area contributed by atoms with Gasteiger partial charge in [-0.2, -0.15) is 0 Å². The maximum absolute atomic E-state index is 13.3. The van der Waals surface area contributed by atoms with Gasteiger partial charge < -0.3 is 14.5 Å². The molecule has 0 spiro atoms. The summed E-state index contributed by atoms with van der Waals surface area (Å²) < 4.78 is 11.4. The van der Waals surface area contributed by atoms with E-state index in [0.29, 0.717) is 43.0 Å². The minimum atomic E-state index is -0.468. The lowest BCUT2D eigenvalue weighted by molar-refractivity contribution is 0.104. The van der Waals surface area contributed by atoms with Gasteiger partial charge in [0.05, 0.1) is 19.8 Å². The quantitative estimate of drug-likeness (QED) is 0.230. The van der Waals surface area contributed by atoms with E-state index in [1.165, 1.54) is 13.2 Å². The lowest BCUT2D eigenvalue weighted by Crippen LogP contribution is -2.18. The van der Waals surface area contributed by atoms with Gasteiger partial charge in [0.2, 0.25) is 0 Å². The summed E-state index contributed by atoms with van der Waals surface area (Å²) in [5.74, 6) is 0.650. The van der Waals surface area contributed by atoms with E-state index >= 15 is 0 Å². The predicted molar refractivity (Wildman–Crippen MR) is 136 cm³/mol. The van der Waals surface area contributed by atoms with Crippen molar-refractivity contribution in [2.45, 2.75) is 0 Å². The SMILES string of the molecule is COc1cc(Br)c(/C=C/C(=O)c2c(-c3ccccc3)c3cc(Cl)ccc3[nH]c2=O)cc1OC. The molecule has 0 amide bonds. The molecule has 0 atom stereocenters. The zero-order valence-electron chi connectivity index (χ0n) is 17.8. The molecule has 1 heterocycles. The zero-order chi connectivity index (χ0) is 23.5. The number of hydrogen-bond acceptors (Lipinski definition) is 4. The third kappa shape index (κ3) is 4.58. The summed E-state index contributed by atoms with van der Waals surface area (Å²) in [6, 6.07) is 18.0. The number of allylic oxidation sites excluding steroid dienone is 1. The Hall–Kier alpha value is -3.35. The topological polar surface area (TPSA) is 68.4 Å². The van der Waals surface area contributed by atoms with Gasteiger partial charge in [-0.25, -0.2) is 0 Å².